The molecule has 0 aromatic carbocycles. The molecule has 3 aliphatic rings. The third-order valence-electron chi connectivity index (χ3n) is 7.32. The van der Waals surface area contributed by atoms with Gasteiger partial charge in [-0.25, -0.2) is 9.59 Å². The third kappa shape index (κ3) is 12.0. The molecule has 43 heavy (non-hydrogen) atoms. The molecule has 0 aromatic heterocycles. The Morgan fingerprint density at radius 2 is 1.23 bits per heavy atom. The number of hydrogen-bond donors (Lipinski definition) is 0. The van der Waals surface area contributed by atoms with E-state index in [0.717, 1.165) is 19.5 Å². The van der Waals surface area contributed by atoms with Crippen molar-refractivity contribution in [2.45, 2.75) is 105 Å². The summed E-state index contributed by atoms with van der Waals surface area (Å²) in [7, 11) is 0. The highest BCUT2D eigenvalue weighted by atomic mass is 16.6. The van der Waals surface area contributed by atoms with Crippen LogP contribution >= 0.6 is 0 Å². The van der Waals surface area contributed by atoms with E-state index in [-0.39, 0.29) is 55.9 Å². The van der Waals surface area contributed by atoms with E-state index < -0.39 is 29.2 Å². The second kappa shape index (κ2) is 16.3. The molecule has 3 fully saturated rings. The molecule has 0 aliphatic carbocycles. The Bertz CT molecular complexity index is 967. The quantitative estimate of drug-likeness (QED) is 0.255. The fourth-order valence-corrected chi connectivity index (χ4v) is 5.37. The summed E-state index contributed by atoms with van der Waals surface area (Å²) in [6, 6.07) is 0.169. The van der Waals surface area contributed by atoms with Crippen LogP contribution in [0.4, 0.5) is 9.59 Å². The lowest BCUT2D eigenvalue weighted by Gasteiger charge is -2.44. The van der Waals surface area contributed by atoms with Crippen LogP contribution in [-0.2, 0) is 33.3 Å². The van der Waals surface area contributed by atoms with E-state index in [1.165, 1.54) is 24.2 Å². The molecule has 3 heterocycles. The molecular weight excluding hydrogens is 558 g/mol. The highest BCUT2D eigenvalue weighted by Gasteiger charge is 2.41. The van der Waals surface area contributed by atoms with E-state index in [9.17, 15) is 24.0 Å². The number of carbonyl (C=O) groups excluding carboxylic acids is 5. The second-order valence-corrected chi connectivity index (χ2v) is 13.2. The smallest absolute Gasteiger partial charge is 0.410 e. The van der Waals surface area contributed by atoms with E-state index in [2.05, 4.69) is 4.90 Å². The predicted octanol–water partition coefficient (Wildman–Crippen LogP) is 4.04. The van der Waals surface area contributed by atoms with Gasteiger partial charge in [0.25, 0.3) is 0 Å². The molecule has 12 nitrogen and oxygen atoms in total. The van der Waals surface area contributed by atoms with Gasteiger partial charge in [-0.2, -0.15) is 0 Å². The fraction of sp³-hybridized carbons (Fsp3) is 0.839. The number of esters is 2. The zero-order chi connectivity index (χ0) is 32.4. The zero-order valence-electron chi connectivity index (χ0n) is 27.4. The number of amides is 2. The first kappa shape index (κ1) is 36.3. The van der Waals surface area contributed by atoms with Crippen LogP contribution in [0.15, 0.2) is 0 Å². The Labute approximate surface area is 256 Å². The Balaban J connectivity index is 0.000000309. The highest BCUT2D eigenvalue weighted by Crippen LogP contribution is 2.27. The lowest BCUT2D eigenvalue weighted by molar-refractivity contribution is -0.154. The molecule has 0 aromatic rings. The van der Waals surface area contributed by atoms with Crippen molar-refractivity contribution < 1.29 is 42.9 Å². The van der Waals surface area contributed by atoms with Crippen LogP contribution in [0.1, 0.15) is 87.5 Å². The summed E-state index contributed by atoms with van der Waals surface area (Å²) in [6.45, 7) is 18.4. The van der Waals surface area contributed by atoms with Gasteiger partial charge in [-0.3, -0.25) is 19.3 Å². The molecule has 3 saturated heterocycles. The normalized spacial score (nSPS) is 23.4. The number of Topliss-reactive ketones (excluding diaryl/α,β-unsaturated/α-hetero) is 1. The molecule has 0 saturated carbocycles. The van der Waals surface area contributed by atoms with Gasteiger partial charge in [0.1, 0.15) is 17.1 Å². The number of nitrogens with zero attached hydrogens (tertiary/aromatic N) is 3. The van der Waals surface area contributed by atoms with Crippen molar-refractivity contribution >= 4 is 29.9 Å². The Morgan fingerprint density at radius 1 is 0.721 bits per heavy atom. The van der Waals surface area contributed by atoms with Gasteiger partial charge in [-0.1, -0.05) is 6.42 Å². The Hall–Kier alpha value is -2.89. The lowest BCUT2D eigenvalue weighted by Crippen LogP contribution is -2.56. The van der Waals surface area contributed by atoms with Crippen molar-refractivity contribution in [1.29, 1.82) is 0 Å². The van der Waals surface area contributed by atoms with Gasteiger partial charge in [0.15, 0.2) is 5.78 Å². The fourth-order valence-electron chi connectivity index (χ4n) is 5.37. The van der Waals surface area contributed by atoms with Crippen molar-refractivity contribution in [2.75, 3.05) is 52.5 Å². The molecule has 3 aliphatic heterocycles. The van der Waals surface area contributed by atoms with Gasteiger partial charge in [0.2, 0.25) is 0 Å². The molecule has 0 bridgehead atoms. The number of hydrogen-bond acceptors (Lipinski definition) is 10. The molecule has 3 rings (SSSR count). The van der Waals surface area contributed by atoms with Crippen LogP contribution in [0.2, 0.25) is 0 Å². The summed E-state index contributed by atoms with van der Waals surface area (Å²) in [5, 5.41) is 0. The van der Waals surface area contributed by atoms with Gasteiger partial charge < -0.3 is 28.7 Å². The number of likely N-dealkylation sites (tertiary alicyclic amines) is 3. The monoisotopic (exact) mass is 611 g/mol. The van der Waals surface area contributed by atoms with Gasteiger partial charge >= 0.3 is 24.1 Å². The van der Waals surface area contributed by atoms with E-state index in [1.54, 1.807) is 32.6 Å². The van der Waals surface area contributed by atoms with Crippen molar-refractivity contribution in [3.05, 3.63) is 0 Å². The second-order valence-electron chi connectivity index (χ2n) is 13.2. The first-order valence-corrected chi connectivity index (χ1v) is 15.6. The first-order valence-electron chi connectivity index (χ1n) is 15.6. The largest absolute Gasteiger partial charge is 0.466 e. The maximum absolute atomic E-state index is 12.5. The van der Waals surface area contributed by atoms with Crippen molar-refractivity contribution in [3.8, 4) is 0 Å². The molecule has 246 valence electrons. The van der Waals surface area contributed by atoms with E-state index in [0.29, 0.717) is 19.7 Å². The van der Waals surface area contributed by atoms with Crippen molar-refractivity contribution in [1.82, 2.24) is 14.7 Å². The molecule has 0 N–H and O–H groups in total. The Kier molecular flexibility index (Phi) is 13.7. The number of piperidine rings is 3. The summed E-state index contributed by atoms with van der Waals surface area (Å²) in [5.41, 5.74) is -1.13. The van der Waals surface area contributed by atoms with Gasteiger partial charge in [0.05, 0.1) is 19.1 Å². The molecule has 3 atom stereocenters. The zero-order valence-corrected chi connectivity index (χ0v) is 27.4. The summed E-state index contributed by atoms with van der Waals surface area (Å²) < 4.78 is 20.8. The van der Waals surface area contributed by atoms with Crippen LogP contribution in [0.5, 0.6) is 0 Å². The topological polar surface area (TPSA) is 132 Å². The minimum absolute atomic E-state index is 0.0343. The lowest BCUT2D eigenvalue weighted by atomic mass is 9.89. The minimum Gasteiger partial charge on any atom is -0.466 e. The average Bonchev–Trinajstić information content (AvgIpc) is 2.92. The van der Waals surface area contributed by atoms with E-state index in [4.69, 9.17) is 18.9 Å². The number of ketones is 1. The van der Waals surface area contributed by atoms with Crippen LogP contribution < -0.4 is 0 Å². The van der Waals surface area contributed by atoms with Gasteiger partial charge in [-0.05, 0) is 87.7 Å². The van der Waals surface area contributed by atoms with E-state index >= 15 is 0 Å². The summed E-state index contributed by atoms with van der Waals surface area (Å²) >= 11 is 0. The number of ether oxygens (including phenoxy) is 4. The predicted molar refractivity (Wildman–Crippen MR) is 159 cm³/mol. The summed E-state index contributed by atoms with van der Waals surface area (Å²) in [5.74, 6) is -2.12. The molecule has 3 unspecified atom stereocenters. The van der Waals surface area contributed by atoms with Crippen LogP contribution in [0.3, 0.4) is 0 Å². The minimum atomic E-state index is -0.888. The third-order valence-corrected chi connectivity index (χ3v) is 7.32. The van der Waals surface area contributed by atoms with Crippen molar-refractivity contribution in [2.24, 2.45) is 11.8 Å². The maximum atomic E-state index is 12.5. The first-order chi connectivity index (χ1) is 20.1. The Morgan fingerprint density at radius 3 is 1.74 bits per heavy atom. The molecule has 12 heteroatoms. The van der Waals surface area contributed by atoms with Crippen LogP contribution in [-0.4, -0.2) is 114 Å². The molecular formula is C31H53N3O9. The summed E-state index contributed by atoms with van der Waals surface area (Å²) in [6.07, 6.45) is 3.73. The maximum Gasteiger partial charge on any atom is 0.410 e. The van der Waals surface area contributed by atoms with Crippen LogP contribution in [0.25, 0.3) is 0 Å². The molecule has 0 radical (unpaired) electrons. The summed E-state index contributed by atoms with van der Waals surface area (Å²) in [4.78, 5) is 65.5. The molecule has 0 spiro atoms. The standard InChI is InChI=1S/C18H32N2O4.C13H21NO5/c1-5-23-16(21)14-13-20(17(22)24-18(2,3)4)12-9-15(14)19-10-7-6-8-11-19;1-5-18-11(16)9-8-14(7-6-10(9)15)12(17)19-13(2,3)4/h14-15H,5-13H2,1-4H3;9H,5-8H2,1-4H3. The highest BCUT2D eigenvalue weighted by molar-refractivity contribution is 6.00. The van der Waals surface area contributed by atoms with Gasteiger partial charge in [0, 0.05) is 38.6 Å². The van der Waals surface area contributed by atoms with Gasteiger partial charge in [-0.15, -0.1) is 0 Å². The number of rotatable bonds is 5. The van der Waals surface area contributed by atoms with Crippen molar-refractivity contribution in [3.63, 3.8) is 0 Å². The number of carbonyl (C=O) groups is 5. The molecule has 2 amide bonds. The SMILES string of the molecule is CCOC(=O)C1CN(C(=O)OC(C)(C)C)CCC1=O.CCOC(=O)C1CN(C(=O)OC(C)(C)C)CCC1N1CCCCC1. The van der Waals surface area contributed by atoms with E-state index in [1.807, 2.05) is 27.7 Å². The average molecular weight is 612 g/mol. The van der Waals surface area contributed by atoms with Crippen LogP contribution in [0, 0.1) is 11.8 Å².